The first kappa shape index (κ1) is 17.9. The van der Waals surface area contributed by atoms with E-state index in [2.05, 4.69) is 5.32 Å². The number of hydrogen-bond acceptors (Lipinski definition) is 4. The molecule has 0 aromatic heterocycles. The van der Waals surface area contributed by atoms with Gasteiger partial charge in [-0.2, -0.15) is 13.2 Å². The number of primary amides is 1. The lowest BCUT2D eigenvalue weighted by Crippen LogP contribution is -2.55. The number of nitrogens with two attached hydrogens (primary N) is 1. The second-order valence-electron chi connectivity index (χ2n) is 6.34. The molecule has 1 aliphatic carbocycles. The molecule has 138 valence electrons. The summed E-state index contributed by atoms with van der Waals surface area (Å²) in [5.74, 6) is -1.33. The summed E-state index contributed by atoms with van der Waals surface area (Å²) in [6.45, 7) is 1.26. The number of amides is 1. The van der Waals surface area contributed by atoms with Gasteiger partial charge in [0, 0.05) is 12.0 Å². The summed E-state index contributed by atoms with van der Waals surface area (Å²) in [5, 5.41) is 3.14. The molecule has 2 aliphatic rings. The number of ether oxygens (including phenoxy) is 2. The molecule has 1 aromatic carbocycles. The second-order valence-corrected chi connectivity index (χ2v) is 6.34. The van der Waals surface area contributed by atoms with Gasteiger partial charge < -0.3 is 20.5 Å². The fraction of sp³-hybridized carbons (Fsp3) is 0.562. The molecule has 1 heterocycles. The molecule has 5 nitrogen and oxygen atoms in total. The van der Waals surface area contributed by atoms with Crippen molar-refractivity contribution >= 4 is 6.09 Å². The Morgan fingerprint density at radius 1 is 1.40 bits per heavy atom. The van der Waals surface area contributed by atoms with Crippen LogP contribution in [0.5, 0.6) is 0 Å². The van der Waals surface area contributed by atoms with Crippen molar-refractivity contribution in [1.29, 1.82) is 0 Å². The maximum absolute atomic E-state index is 13.6. The fourth-order valence-electron chi connectivity index (χ4n) is 3.41. The number of morpholine rings is 1. The highest BCUT2D eigenvalue weighted by Gasteiger charge is 2.56. The fourth-order valence-corrected chi connectivity index (χ4v) is 3.41. The van der Waals surface area contributed by atoms with Crippen LogP contribution < -0.4 is 11.1 Å². The zero-order chi connectivity index (χ0) is 18.2. The molecule has 9 heteroatoms. The molecule has 1 aromatic rings. The molecule has 0 radical (unpaired) electrons. The monoisotopic (exact) mass is 362 g/mol. The van der Waals surface area contributed by atoms with Gasteiger partial charge in [-0.25, -0.2) is 9.18 Å². The van der Waals surface area contributed by atoms with Gasteiger partial charge in [0.05, 0.1) is 24.8 Å². The predicted molar refractivity (Wildman–Crippen MR) is 79.4 cm³/mol. The summed E-state index contributed by atoms with van der Waals surface area (Å²) in [5.41, 5.74) is 3.27. The highest BCUT2D eigenvalue weighted by Crippen LogP contribution is 2.54. The Kier molecular flexibility index (Phi) is 4.63. The first-order valence-corrected chi connectivity index (χ1v) is 7.88. The molecule has 3 rings (SSSR count). The van der Waals surface area contributed by atoms with Crippen molar-refractivity contribution < 1.29 is 31.8 Å². The first-order valence-electron chi connectivity index (χ1n) is 7.88. The van der Waals surface area contributed by atoms with E-state index >= 15 is 0 Å². The highest BCUT2D eigenvalue weighted by molar-refractivity contribution is 5.65. The minimum Gasteiger partial charge on any atom is -0.444 e. The van der Waals surface area contributed by atoms with Gasteiger partial charge in [0.15, 0.2) is 0 Å². The number of rotatable bonds is 4. The Hall–Kier alpha value is -1.87. The van der Waals surface area contributed by atoms with Crippen LogP contribution in [0.25, 0.3) is 0 Å². The zero-order valence-corrected chi connectivity index (χ0v) is 13.2. The van der Waals surface area contributed by atoms with Crippen LogP contribution in [0.15, 0.2) is 18.2 Å². The number of halogens is 4. The third-order valence-electron chi connectivity index (χ3n) is 4.74. The van der Waals surface area contributed by atoms with Crippen LogP contribution in [-0.4, -0.2) is 38.0 Å². The standard InChI is InChI=1S/C16H18F4N2O3/c17-11-2-1-9(7-10(11)16(18,19)20)15(3-4-15)13(25-14(21)23)12-8-24-6-5-22-12/h1-2,7,12-13,22H,3-6,8H2,(H2,21,23). The average Bonchev–Trinajstić information content (AvgIpc) is 3.34. The van der Waals surface area contributed by atoms with Gasteiger partial charge in [0.25, 0.3) is 0 Å². The van der Waals surface area contributed by atoms with E-state index in [0.29, 0.717) is 26.0 Å². The molecule has 25 heavy (non-hydrogen) atoms. The van der Waals surface area contributed by atoms with Crippen LogP contribution in [0.2, 0.25) is 0 Å². The maximum atomic E-state index is 13.6. The molecular weight excluding hydrogens is 344 g/mol. The number of nitrogens with one attached hydrogen (secondary N) is 1. The molecule has 1 saturated heterocycles. The van der Waals surface area contributed by atoms with E-state index in [9.17, 15) is 22.4 Å². The van der Waals surface area contributed by atoms with Gasteiger partial charge in [0.2, 0.25) is 0 Å². The van der Waals surface area contributed by atoms with Gasteiger partial charge in [-0.1, -0.05) is 6.07 Å². The number of hydrogen-bond donors (Lipinski definition) is 2. The molecule has 2 fully saturated rings. The molecule has 1 aliphatic heterocycles. The van der Waals surface area contributed by atoms with Gasteiger partial charge in [-0.05, 0) is 30.5 Å². The zero-order valence-electron chi connectivity index (χ0n) is 13.2. The Morgan fingerprint density at radius 2 is 2.12 bits per heavy atom. The van der Waals surface area contributed by atoms with Crippen molar-refractivity contribution in [2.75, 3.05) is 19.8 Å². The van der Waals surface area contributed by atoms with Crippen molar-refractivity contribution in [3.05, 3.63) is 35.1 Å². The average molecular weight is 362 g/mol. The molecule has 1 saturated carbocycles. The largest absolute Gasteiger partial charge is 0.444 e. The molecule has 1 amide bonds. The first-order chi connectivity index (χ1) is 11.7. The van der Waals surface area contributed by atoms with E-state index in [4.69, 9.17) is 15.2 Å². The minimum atomic E-state index is -4.80. The quantitative estimate of drug-likeness (QED) is 0.807. The van der Waals surface area contributed by atoms with Crippen LogP contribution in [0, 0.1) is 5.82 Å². The Morgan fingerprint density at radius 3 is 2.64 bits per heavy atom. The number of alkyl halides is 3. The SMILES string of the molecule is NC(=O)OC(C1COCCN1)C1(c2ccc(F)c(C(F)(F)F)c2)CC1. The van der Waals surface area contributed by atoms with Crippen LogP contribution in [0.1, 0.15) is 24.0 Å². The summed E-state index contributed by atoms with van der Waals surface area (Å²) < 4.78 is 63.3. The lowest BCUT2D eigenvalue weighted by Gasteiger charge is -2.36. The number of carbonyl (C=O) groups excluding carboxylic acids is 1. The molecule has 2 atom stereocenters. The lowest BCUT2D eigenvalue weighted by atomic mass is 9.84. The van der Waals surface area contributed by atoms with Gasteiger partial charge >= 0.3 is 12.3 Å². The summed E-state index contributed by atoms with van der Waals surface area (Å²) >= 11 is 0. The molecule has 0 bridgehead atoms. The van der Waals surface area contributed by atoms with E-state index in [1.165, 1.54) is 6.07 Å². The van der Waals surface area contributed by atoms with Crippen molar-refractivity contribution in [3.63, 3.8) is 0 Å². The number of carbonyl (C=O) groups is 1. The van der Waals surface area contributed by atoms with E-state index < -0.39 is 41.2 Å². The van der Waals surface area contributed by atoms with Crippen LogP contribution in [0.3, 0.4) is 0 Å². The van der Waals surface area contributed by atoms with Gasteiger partial charge in [-0.15, -0.1) is 0 Å². The molecule has 0 spiro atoms. The van der Waals surface area contributed by atoms with Gasteiger partial charge in [0.1, 0.15) is 11.9 Å². The number of benzene rings is 1. The molecular formula is C16H18F4N2O3. The topological polar surface area (TPSA) is 73.6 Å². The smallest absolute Gasteiger partial charge is 0.419 e. The molecule has 3 N–H and O–H groups in total. The Bertz CT molecular complexity index is 655. The summed E-state index contributed by atoms with van der Waals surface area (Å²) in [6, 6.07) is 2.50. The second kappa shape index (κ2) is 6.45. The van der Waals surface area contributed by atoms with Crippen molar-refractivity contribution in [3.8, 4) is 0 Å². The maximum Gasteiger partial charge on any atom is 0.419 e. The third-order valence-corrected chi connectivity index (χ3v) is 4.74. The Balaban J connectivity index is 1.97. The van der Waals surface area contributed by atoms with E-state index in [-0.39, 0.29) is 12.2 Å². The normalized spacial score (nSPS) is 23.8. The lowest BCUT2D eigenvalue weighted by molar-refractivity contribution is -0.140. The summed E-state index contributed by atoms with van der Waals surface area (Å²) in [4.78, 5) is 11.3. The van der Waals surface area contributed by atoms with Crippen molar-refractivity contribution in [1.82, 2.24) is 5.32 Å². The van der Waals surface area contributed by atoms with Crippen LogP contribution >= 0.6 is 0 Å². The van der Waals surface area contributed by atoms with Crippen molar-refractivity contribution in [2.45, 2.75) is 36.6 Å². The molecule has 2 unspecified atom stereocenters. The van der Waals surface area contributed by atoms with Crippen LogP contribution in [-0.2, 0) is 21.1 Å². The van der Waals surface area contributed by atoms with Crippen LogP contribution in [0.4, 0.5) is 22.4 Å². The minimum absolute atomic E-state index is 0.243. The van der Waals surface area contributed by atoms with E-state index in [1.807, 2.05) is 0 Å². The van der Waals surface area contributed by atoms with Gasteiger partial charge in [-0.3, -0.25) is 0 Å². The third kappa shape index (κ3) is 3.57. The predicted octanol–water partition coefficient (Wildman–Crippen LogP) is 2.33. The van der Waals surface area contributed by atoms with E-state index in [0.717, 1.165) is 12.1 Å². The summed E-state index contributed by atoms with van der Waals surface area (Å²) in [7, 11) is 0. The van der Waals surface area contributed by atoms with E-state index in [1.54, 1.807) is 0 Å². The summed E-state index contributed by atoms with van der Waals surface area (Å²) in [6.07, 6.45) is -5.60. The Labute approximate surface area is 141 Å². The van der Waals surface area contributed by atoms with Crippen molar-refractivity contribution in [2.24, 2.45) is 5.73 Å². The highest BCUT2D eigenvalue weighted by atomic mass is 19.4.